The highest BCUT2D eigenvalue weighted by atomic mass is 79.9. The minimum atomic E-state index is 0. The summed E-state index contributed by atoms with van der Waals surface area (Å²) in [6, 6.07) is 9.94. The van der Waals surface area contributed by atoms with Gasteiger partial charge in [0.1, 0.15) is 5.75 Å². The molecule has 0 aromatic heterocycles. The van der Waals surface area contributed by atoms with Gasteiger partial charge in [-0.05, 0) is 57.2 Å². The molecule has 1 aromatic carbocycles. The van der Waals surface area contributed by atoms with Crippen LogP contribution in [0.4, 0.5) is 0 Å². The first-order valence-corrected chi connectivity index (χ1v) is 14.8. The number of hydrogen-bond acceptors (Lipinski definition) is 4. The molecule has 4 nitrogen and oxygen atoms in total. The molecule has 0 spiro atoms. The number of unbranched alkanes of at least 4 members (excludes halogenated alkanes) is 6. The Bertz CT molecular complexity index is 454. The number of aliphatic hydroxyl groups excluding tert-OH is 2. The second-order valence-corrected chi connectivity index (χ2v) is 9.72. The Labute approximate surface area is 236 Å². The van der Waals surface area contributed by atoms with Crippen molar-refractivity contribution in [2.24, 2.45) is 0 Å². The van der Waals surface area contributed by atoms with Gasteiger partial charge in [0.2, 0.25) is 0 Å². The molecule has 2 rings (SSSR count). The standard InChI is InChI=1S/C14H23NO2.C6H12Br2.C6H12O.3CH4/c16-12-11-15-10-6-1-2-7-13-17-14-8-4-3-5-9-14;7-5-3-1-2-4-6-8;7-6-4-2-1-3-5-6;;;/h3-5,8-9,15-16H,1-2,6-7,10-13H2;1-6H2;6-7H,1-5H2;3*1H4. The summed E-state index contributed by atoms with van der Waals surface area (Å²) >= 11 is 6.78. The first-order valence-electron chi connectivity index (χ1n) is 12.5. The number of aliphatic hydroxyl groups is 2. The summed E-state index contributed by atoms with van der Waals surface area (Å²) in [6.45, 7) is 2.73. The van der Waals surface area contributed by atoms with E-state index in [9.17, 15) is 0 Å². The van der Waals surface area contributed by atoms with Crippen LogP contribution in [0.15, 0.2) is 30.3 Å². The van der Waals surface area contributed by atoms with Crippen molar-refractivity contribution in [3.63, 3.8) is 0 Å². The van der Waals surface area contributed by atoms with Crippen LogP contribution in [-0.2, 0) is 0 Å². The average Bonchev–Trinajstić information content (AvgIpc) is 2.83. The van der Waals surface area contributed by atoms with Crippen LogP contribution >= 0.6 is 31.9 Å². The summed E-state index contributed by atoms with van der Waals surface area (Å²) < 4.78 is 5.60. The molecular weight excluding hydrogens is 570 g/mol. The second-order valence-electron chi connectivity index (χ2n) is 8.13. The first kappa shape index (κ1) is 42.0. The fraction of sp³-hybridized carbons (Fsp3) is 0.793. The quantitative estimate of drug-likeness (QED) is 0.134. The van der Waals surface area contributed by atoms with E-state index in [2.05, 4.69) is 37.2 Å². The van der Waals surface area contributed by atoms with E-state index in [0.29, 0.717) is 6.54 Å². The third-order valence-electron chi connectivity index (χ3n) is 5.14. The van der Waals surface area contributed by atoms with Crippen LogP contribution in [0, 0.1) is 0 Å². The molecule has 0 heterocycles. The van der Waals surface area contributed by atoms with E-state index in [1.807, 2.05) is 30.3 Å². The van der Waals surface area contributed by atoms with Gasteiger partial charge >= 0.3 is 0 Å². The zero-order valence-corrected chi connectivity index (χ0v) is 23.1. The number of ether oxygens (including phenoxy) is 1. The third kappa shape index (κ3) is 33.9. The Morgan fingerprint density at radius 2 is 1.29 bits per heavy atom. The van der Waals surface area contributed by atoms with Gasteiger partial charge in [0, 0.05) is 17.2 Å². The summed E-state index contributed by atoms with van der Waals surface area (Å²) in [5, 5.41) is 23.0. The monoisotopic (exact) mass is 627 g/mol. The predicted octanol–water partition coefficient (Wildman–Crippen LogP) is 8.76. The Morgan fingerprint density at radius 3 is 1.77 bits per heavy atom. The number of para-hydroxylation sites is 1. The maximum Gasteiger partial charge on any atom is 0.119 e. The van der Waals surface area contributed by atoms with Crippen LogP contribution in [0.25, 0.3) is 0 Å². The molecule has 1 aromatic rings. The van der Waals surface area contributed by atoms with E-state index in [4.69, 9.17) is 14.9 Å². The van der Waals surface area contributed by atoms with E-state index in [1.165, 1.54) is 64.2 Å². The third-order valence-corrected chi connectivity index (χ3v) is 6.26. The molecule has 0 amide bonds. The maximum atomic E-state index is 8.91. The minimum Gasteiger partial charge on any atom is -0.494 e. The zero-order chi connectivity index (χ0) is 23.5. The van der Waals surface area contributed by atoms with E-state index < -0.39 is 0 Å². The van der Waals surface area contributed by atoms with Gasteiger partial charge in [-0.3, -0.25) is 0 Å². The lowest BCUT2D eigenvalue weighted by Gasteiger charge is -2.14. The Balaban J connectivity index is -0.000000225. The van der Waals surface area contributed by atoms with Crippen molar-refractivity contribution >= 4 is 31.9 Å². The van der Waals surface area contributed by atoms with Gasteiger partial charge in [-0.2, -0.15) is 0 Å². The lowest BCUT2D eigenvalue weighted by Crippen LogP contribution is -2.19. The van der Waals surface area contributed by atoms with Gasteiger partial charge in [-0.1, -0.05) is 117 Å². The predicted molar refractivity (Wildman–Crippen MR) is 166 cm³/mol. The average molecular weight is 630 g/mol. The van der Waals surface area contributed by atoms with E-state index in [-0.39, 0.29) is 35.0 Å². The summed E-state index contributed by atoms with van der Waals surface area (Å²) in [6.07, 6.45) is 16.0. The largest absolute Gasteiger partial charge is 0.494 e. The van der Waals surface area contributed by atoms with Crippen molar-refractivity contribution in [1.82, 2.24) is 5.32 Å². The molecule has 1 aliphatic rings. The smallest absolute Gasteiger partial charge is 0.119 e. The van der Waals surface area contributed by atoms with Crippen LogP contribution in [0.5, 0.6) is 5.75 Å². The molecule has 0 bridgehead atoms. The number of alkyl halides is 2. The lowest BCUT2D eigenvalue weighted by molar-refractivity contribution is 0.130. The molecule has 1 saturated carbocycles. The summed E-state index contributed by atoms with van der Waals surface area (Å²) in [5.41, 5.74) is 0. The Morgan fingerprint density at radius 1 is 0.743 bits per heavy atom. The van der Waals surface area contributed by atoms with Gasteiger partial charge < -0.3 is 20.3 Å². The van der Waals surface area contributed by atoms with Gasteiger partial charge in [0.25, 0.3) is 0 Å². The molecule has 35 heavy (non-hydrogen) atoms. The molecule has 3 N–H and O–H groups in total. The molecule has 6 heteroatoms. The van der Waals surface area contributed by atoms with E-state index >= 15 is 0 Å². The van der Waals surface area contributed by atoms with Crippen molar-refractivity contribution in [2.45, 2.75) is 112 Å². The van der Waals surface area contributed by atoms with Gasteiger partial charge in [0.15, 0.2) is 0 Å². The number of rotatable bonds is 15. The molecule has 0 unspecified atom stereocenters. The van der Waals surface area contributed by atoms with Crippen LogP contribution in [0.3, 0.4) is 0 Å². The topological polar surface area (TPSA) is 61.7 Å². The normalized spacial score (nSPS) is 12.3. The second kappa shape index (κ2) is 36.0. The summed E-state index contributed by atoms with van der Waals surface area (Å²) in [4.78, 5) is 0. The fourth-order valence-electron chi connectivity index (χ4n) is 3.24. The van der Waals surface area contributed by atoms with E-state index in [0.717, 1.165) is 48.8 Å². The van der Waals surface area contributed by atoms with Crippen molar-refractivity contribution in [2.75, 3.05) is 37.0 Å². The SMILES string of the molecule is BrCCCCCCBr.C.C.C.OC1CCCCC1.OCCNCCCCCCOc1ccccc1. The highest BCUT2D eigenvalue weighted by Crippen LogP contribution is 2.16. The molecule has 1 aliphatic carbocycles. The molecular formula is C29H59Br2NO3. The summed E-state index contributed by atoms with van der Waals surface area (Å²) in [7, 11) is 0. The molecule has 0 atom stereocenters. The van der Waals surface area contributed by atoms with Gasteiger partial charge in [0.05, 0.1) is 19.3 Å². The van der Waals surface area contributed by atoms with Crippen molar-refractivity contribution in [3.8, 4) is 5.75 Å². The summed E-state index contributed by atoms with van der Waals surface area (Å²) in [5.74, 6) is 0.956. The maximum absolute atomic E-state index is 8.91. The number of hydrogen-bond donors (Lipinski definition) is 3. The fourth-order valence-corrected chi connectivity index (χ4v) is 4.03. The van der Waals surface area contributed by atoms with Gasteiger partial charge in [-0.15, -0.1) is 0 Å². The van der Waals surface area contributed by atoms with Crippen molar-refractivity contribution in [3.05, 3.63) is 30.3 Å². The molecule has 0 aliphatic heterocycles. The Kier molecular flexibility index (Phi) is 43.2. The number of nitrogens with one attached hydrogen (secondary N) is 1. The number of halogens is 2. The van der Waals surface area contributed by atoms with Crippen LogP contribution in [0.2, 0.25) is 0 Å². The van der Waals surface area contributed by atoms with Gasteiger partial charge in [-0.25, -0.2) is 0 Å². The Hall–Kier alpha value is -0.140. The van der Waals surface area contributed by atoms with Crippen LogP contribution < -0.4 is 10.1 Å². The lowest BCUT2D eigenvalue weighted by atomic mass is 9.98. The molecule has 212 valence electrons. The van der Waals surface area contributed by atoms with Crippen molar-refractivity contribution in [1.29, 1.82) is 0 Å². The molecule has 1 fully saturated rings. The molecule has 0 saturated heterocycles. The first-order chi connectivity index (χ1) is 15.7. The minimum absolute atomic E-state index is 0. The number of benzene rings is 1. The van der Waals surface area contributed by atoms with E-state index in [1.54, 1.807) is 0 Å². The van der Waals surface area contributed by atoms with Crippen LogP contribution in [-0.4, -0.2) is 53.3 Å². The highest BCUT2D eigenvalue weighted by Gasteiger charge is 2.07. The highest BCUT2D eigenvalue weighted by molar-refractivity contribution is 9.09. The van der Waals surface area contributed by atoms with Crippen LogP contribution in [0.1, 0.15) is 106 Å². The van der Waals surface area contributed by atoms with Crippen molar-refractivity contribution < 1.29 is 14.9 Å². The zero-order valence-electron chi connectivity index (χ0n) is 20.0. The molecule has 0 radical (unpaired) electrons.